The Balaban J connectivity index is 1.75. The predicted molar refractivity (Wildman–Crippen MR) is 105 cm³/mol. The van der Waals surface area contributed by atoms with Crippen LogP contribution in [0.25, 0.3) is 0 Å². The number of carbonyl (C=O) groups excluding carboxylic acids is 2. The lowest BCUT2D eigenvalue weighted by atomic mass is 10.1. The van der Waals surface area contributed by atoms with E-state index in [0.29, 0.717) is 23.2 Å². The Morgan fingerprint density at radius 2 is 1.89 bits per heavy atom. The first kappa shape index (κ1) is 20.0. The van der Waals surface area contributed by atoms with E-state index < -0.39 is 22.6 Å². The first-order valence-corrected chi connectivity index (χ1v) is 10.3. The number of esters is 1. The molecule has 0 aromatic heterocycles. The van der Waals surface area contributed by atoms with Gasteiger partial charge in [0.1, 0.15) is 0 Å². The van der Waals surface area contributed by atoms with Gasteiger partial charge in [0.15, 0.2) is 6.61 Å². The van der Waals surface area contributed by atoms with E-state index in [4.69, 9.17) is 9.88 Å². The molecule has 2 aromatic rings. The number of nitrogens with zero attached hydrogens (tertiary/aromatic N) is 1. The van der Waals surface area contributed by atoms with Crippen LogP contribution in [0.4, 0.5) is 5.69 Å². The van der Waals surface area contributed by atoms with Crippen LogP contribution in [0.15, 0.2) is 41.3 Å². The summed E-state index contributed by atoms with van der Waals surface area (Å²) in [5, 5.41) is 5.17. The van der Waals surface area contributed by atoms with E-state index in [1.807, 2.05) is 26.0 Å². The summed E-state index contributed by atoms with van der Waals surface area (Å²) < 4.78 is 28.3. The highest BCUT2D eigenvalue weighted by molar-refractivity contribution is 7.89. The summed E-state index contributed by atoms with van der Waals surface area (Å²) in [6, 6.07) is 9.68. The summed E-state index contributed by atoms with van der Waals surface area (Å²) in [6.45, 7) is 5.13. The maximum Gasteiger partial charge on any atom is 0.338 e. The number of rotatable bonds is 4. The lowest BCUT2D eigenvalue weighted by Gasteiger charge is -2.22. The second kappa shape index (κ2) is 7.37. The Kier molecular flexibility index (Phi) is 5.27. The second-order valence-electron chi connectivity index (χ2n) is 7.05. The van der Waals surface area contributed by atoms with Gasteiger partial charge in [-0.15, -0.1) is 0 Å². The largest absolute Gasteiger partial charge is 0.452 e. The van der Waals surface area contributed by atoms with Gasteiger partial charge in [-0.3, -0.25) is 4.79 Å². The van der Waals surface area contributed by atoms with Gasteiger partial charge in [-0.25, -0.2) is 18.4 Å². The third kappa shape index (κ3) is 3.93. The third-order valence-electron chi connectivity index (χ3n) is 4.80. The van der Waals surface area contributed by atoms with E-state index in [0.717, 1.165) is 11.1 Å². The second-order valence-corrected chi connectivity index (χ2v) is 8.61. The summed E-state index contributed by atoms with van der Waals surface area (Å²) in [4.78, 5) is 26.6. The van der Waals surface area contributed by atoms with Crippen molar-refractivity contribution >= 4 is 27.6 Å². The number of anilines is 1. The molecule has 1 atom stereocenters. The van der Waals surface area contributed by atoms with Crippen LogP contribution in [0.3, 0.4) is 0 Å². The van der Waals surface area contributed by atoms with Crippen molar-refractivity contribution in [1.82, 2.24) is 0 Å². The fourth-order valence-electron chi connectivity index (χ4n) is 3.39. The van der Waals surface area contributed by atoms with Crippen LogP contribution >= 0.6 is 0 Å². The molecule has 2 N–H and O–H groups in total. The Hall–Kier alpha value is -2.71. The van der Waals surface area contributed by atoms with E-state index in [9.17, 15) is 18.0 Å². The van der Waals surface area contributed by atoms with Gasteiger partial charge in [-0.1, -0.05) is 17.7 Å². The van der Waals surface area contributed by atoms with Crippen LogP contribution in [-0.2, 0) is 26.0 Å². The van der Waals surface area contributed by atoms with Gasteiger partial charge in [-0.2, -0.15) is 0 Å². The van der Waals surface area contributed by atoms with Crippen molar-refractivity contribution in [3.63, 3.8) is 0 Å². The molecule has 0 saturated heterocycles. The summed E-state index contributed by atoms with van der Waals surface area (Å²) in [5.74, 6) is -0.917. The fraction of sp³-hybridized carbons (Fsp3) is 0.300. The topological polar surface area (TPSA) is 107 Å². The van der Waals surface area contributed by atoms with Crippen LogP contribution in [0, 0.1) is 13.8 Å². The van der Waals surface area contributed by atoms with Crippen LogP contribution < -0.4 is 10.0 Å². The molecule has 1 amide bonds. The molecule has 0 aliphatic carbocycles. The predicted octanol–water partition coefficient (Wildman–Crippen LogP) is 2.09. The average Bonchev–Trinajstić information content (AvgIpc) is 2.95. The molecular weight excluding hydrogens is 380 g/mol. The summed E-state index contributed by atoms with van der Waals surface area (Å²) in [7, 11) is -3.81. The van der Waals surface area contributed by atoms with Gasteiger partial charge in [0.25, 0.3) is 5.91 Å². The zero-order valence-electron chi connectivity index (χ0n) is 15.9. The SMILES string of the molecule is Cc1ccc(C)c(C(=O)OCC(=O)N2c3ccc(S(N)(=O)=O)cc3CC2C)c1. The van der Waals surface area contributed by atoms with Crippen molar-refractivity contribution in [3.05, 3.63) is 58.7 Å². The molecule has 1 heterocycles. The first-order chi connectivity index (χ1) is 13.1. The van der Waals surface area contributed by atoms with Gasteiger partial charge in [-0.05, 0) is 62.6 Å². The van der Waals surface area contributed by atoms with Crippen LogP contribution in [0.2, 0.25) is 0 Å². The fourth-order valence-corrected chi connectivity index (χ4v) is 3.96. The molecule has 148 valence electrons. The Bertz CT molecular complexity index is 1060. The smallest absolute Gasteiger partial charge is 0.338 e. The van der Waals surface area contributed by atoms with Crippen molar-refractivity contribution in [3.8, 4) is 0 Å². The average molecular weight is 402 g/mol. The number of nitrogens with two attached hydrogens (primary N) is 1. The maximum atomic E-state index is 12.7. The molecule has 1 aliphatic heterocycles. The molecule has 28 heavy (non-hydrogen) atoms. The number of primary sulfonamides is 1. The van der Waals surface area contributed by atoms with Crippen LogP contribution in [0.1, 0.15) is 34.0 Å². The molecule has 0 fully saturated rings. The zero-order chi connectivity index (χ0) is 20.6. The van der Waals surface area contributed by atoms with Crippen molar-refractivity contribution in [2.24, 2.45) is 5.14 Å². The Morgan fingerprint density at radius 1 is 1.18 bits per heavy atom. The molecule has 1 unspecified atom stereocenters. The number of sulfonamides is 1. The van der Waals surface area contributed by atoms with Gasteiger partial charge < -0.3 is 9.64 Å². The van der Waals surface area contributed by atoms with Crippen molar-refractivity contribution in [2.45, 2.75) is 38.1 Å². The molecule has 1 aliphatic rings. The quantitative estimate of drug-likeness (QED) is 0.788. The normalized spacial score (nSPS) is 16.0. The Morgan fingerprint density at radius 3 is 2.57 bits per heavy atom. The third-order valence-corrected chi connectivity index (χ3v) is 5.71. The highest BCUT2D eigenvalue weighted by Crippen LogP contribution is 2.33. The van der Waals surface area contributed by atoms with Gasteiger partial charge in [0.05, 0.1) is 10.5 Å². The number of carbonyl (C=O) groups is 2. The monoisotopic (exact) mass is 402 g/mol. The van der Waals surface area contributed by atoms with Gasteiger partial charge in [0, 0.05) is 11.7 Å². The van der Waals surface area contributed by atoms with E-state index >= 15 is 0 Å². The molecule has 7 nitrogen and oxygen atoms in total. The number of amides is 1. The van der Waals surface area contributed by atoms with Crippen LogP contribution in [0.5, 0.6) is 0 Å². The summed E-state index contributed by atoms with van der Waals surface area (Å²) >= 11 is 0. The molecule has 0 bridgehead atoms. The van der Waals surface area contributed by atoms with Crippen molar-refractivity contribution in [1.29, 1.82) is 0 Å². The van der Waals surface area contributed by atoms with E-state index in [-0.39, 0.29) is 16.8 Å². The summed E-state index contributed by atoms with van der Waals surface area (Å²) in [5.41, 5.74) is 3.46. The molecular formula is C20H22N2O5S. The first-order valence-electron chi connectivity index (χ1n) is 8.80. The molecule has 8 heteroatoms. The van der Waals surface area contributed by atoms with Crippen LogP contribution in [-0.4, -0.2) is 32.9 Å². The minimum Gasteiger partial charge on any atom is -0.452 e. The summed E-state index contributed by atoms with van der Waals surface area (Å²) in [6.07, 6.45) is 0.495. The number of hydrogen-bond donors (Lipinski definition) is 1. The standard InChI is InChI=1S/C20H22N2O5S/c1-12-4-5-13(2)17(8-12)20(24)27-11-19(23)22-14(3)9-15-10-16(28(21,25)26)6-7-18(15)22/h4-8,10,14H,9,11H2,1-3H3,(H2,21,25,26). The van der Waals surface area contributed by atoms with E-state index in [2.05, 4.69) is 0 Å². The van der Waals surface area contributed by atoms with Gasteiger partial charge in [0.2, 0.25) is 10.0 Å². The maximum absolute atomic E-state index is 12.7. The lowest BCUT2D eigenvalue weighted by Crippen LogP contribution is -2.38. The molecule has 3 rings (SSSR count). The van der Waals surface area contributed by atoms with E-state index in [1.165, 1.54) is 17.0 Å². The highest BCUT2D eigenvalue weighted by atomic mass is 32.2. The zero-order valence-corrected chi connectivity index (χ0v) is 16.7. The van der Waals surface area contributed by atoms with Crippen molar-refractivity contribution in [2.75, 3.05) is 11.5 Å². The lowest BCUT2D eigenvalue weighted by molar-refractivity contribution is -0.122. The minimum absolute atomic E-state index is 0.00843. The number of fused-ring (bicyclic) bond motifs is 1. The number of benzene rings is 2. The molecule has 2 aromatic carbocycles. The van der Waals surface area contributed by atoms with Crippen molar-refractivity contribution < 1.29 is 22.7 Å². The molecule has 0 radical (unpaired) electrons. The van der Waals surface area contributed by atoms with E-state index in [1.54, 1.807) is 19.1 Å². The number of ether oxygens (including phenoxy) is 1. The molecule has 0 saturated carbocycles. The number of aryl methyl sites for hydroxylation is 2. The molecule has 0 spiro atoms. The number of hydrogen-bond acceptors (Lipinski definition) is 5. The Labute approximate surface area is 164 Å². The minimum atomic E-state index is -3.81. The van der Waals surface area contributed by atoms with Gasteiger partial charge >= 0.3 is 5.97 Å². The highest BCUT2D eigenvalue weighted by Gasteiger charge is 2.32.